The van der Waals surface area contributed by atoms with Gasteiger partial charge in [0.05, 0.1) is 11.6 Å². The van der Waals surface area contributed by atoms with Crippen molar-refractivity contribution in [2.24, 2.45) is 5.73 Å². The molecule has 2 aromatic carbocycles. The van der Waals surface area contributed by atoms with Gasteiger partial charge < -0.3 is 16.0 Å². The van der Waals surface area contributed by atoms with Gasteiger partial charge >= 0.3 is 0 Å². The van der Waals surface area contributed by atoms with Crippen molar-refractivity contribution in [1.82, 2.24) is 20.1 Å². The molecule has 1 aliphatic heterocycles. The molecule has 3 heterocycles. The fourth-order valence-corrected chi connectivity index (χ4v) is 4.51. The highest BCUT2D eigenvalue weighted by Crippen LogP contribution is 2.37. The fourth-order valence-electron chi connectivity index (χ4n) is 4.51. The van der Waals surface area contributed by atoms with E-state index >= 15 is 0 Å². The van der Waals surface area contributed by atoms with Crippen molar-refractivity contribution in [3.63, 3.8) is 0 Å². The minimum atomic E-state index is -1.02. The number of pyridine rings is 1. The van der Waals surface area contributed by atoms with Crippen LogP contribution in [0.3, 0.4) is 0 Å². The average Bonchev–Trinajstić information content (AvgIpc) is 2.93. The minimum Gasteiger partial charge on any atom is -0.368 e. The van der Waals surface area contributed by atoms with Gasteiger partial charge in [0.1, 0.15) is 5.69 Å². The van der Waals surface area contributed by atoms with Crippen LogP contribution in [0.5, 0.6) is 0 Å². The molecule has 0 unspecified atom stereocenters. The van der Waals surface area contributed by atoms with Gasteiger partial charge in [-0.25, -0.2) is 8.78 Å². The molecule has 2 aromatic heterocycles. The molecule has 1 saturated heterocycles. The van der Waals surface area contributed by atoms with Crippen LogP contribution in [-0.4, -0.2) is 46.9 Å². The number of hydrogen-bond donors (Lipinski definition) is 2. The highest BCUT2D eigenvalue weighted by molar-refractivity contribution is 6.00. The molecule has 0 bridgehead atoms. The molecule has 11 heteroatoms. The molecule has 4 aromatic rings. The first-order chi connectivity index (χ1) is 18.4. The van der Waals surface area contributed by atoms with Gasteiger partial charge in [0.2, 0.25) is 0 Å². The van der Waals surface area contributed by atoms with Gasteiger partial charge in [-0.3, -0.25) is 14.6 Å². The molecular weight excluding hydrogens is 492 g/mol. The molecule has 0 aliphatic carbocycles. The summed E-state index contributed by atoms with van der Waals surface area (Å²) in [6, 6.07) is 13.3. The predicted molar refractivity (Wildman–Crippen MR) is 137 cm³/mol. The van der Waals surface area contributed by atoms with Crippen molar-refractivity contribution in [1.29, 1.82) is 5.26 Å². The number of nitriles is 1. The van der Waals surface area contributed by atoms with E-state index in [1.54, 1.807) is 24.4 Å². The van der Waals surface area contributed by atoms with Crippen molar-refractivity contribution in [3.8, 4) is 34.0 Å². The Morgan fingerprint density at radius 1 is 1.03 bits per heavy atom. The number of piperazine rings is 1. The van der Waals surface area contributed by atoms with Crippen LogP contribution in [0.2, 0.25) is 0 Å². The second kappa shape index (κ2) is 10.2. The van der Waals surface area contributed by atoms with E-state index in [0.29, 0.717) is 58.8 Å². The first kappa shape index (κ1) is 24.7. The summed E-state index contributed by atoms with van der Waals surface area (Å²) in [5.74, 6) is -3.00. The number of para-hydroxylation sites is 1. The van der Waals surface area contributed by atoms with E-state index in [0.717, 1.165) is 24.3 Å². The van der Waals surface area contributed by atoms with Crippen LogP contribution in [0, 0.1) is 23.0 Å². The summed E-state index contributed by atoms with van der Waals surface area (Å²) in [6.07, 6.45) is 3.13. The monoisotopic (exact) mass is 513 g/mol. The average molecular weight is 514 g/mol. The van der Waals surface area contributed by atoms with Crippen LogP contribution in [0.15, 0.2) is 65.7 Å². The van der Waals surface area contributed by atoms with E-state index in [-0.39, 0.29) is 11.3 Å². The summed E-state index contributed by atoms with van der Waals surface area (Å²) in [4.78, 5) is 31.8. The van der Waals surface area contributed by atoms with Crippen LogP contribution in [-0.2, 0) is 0 Å². The summed E-state index contributed by atoms with van der Waals surface area (Å²) >= 11 is 0. The van der Waals surface area contributed by atoms with Gasteiger partial charge in [-0.15, -0.1) is 0 Å². The third-order valence-electron chi connectivity index (χ3n) is 6.31. The minimum absolute atomic E-state index is 0.127. The van der Waals surface area contributed by atoms with E-state index in [1.165, 1.54) is 6.20 Å². The molecule has 0 radical (unpaired) electrons. The Hall–Kier alpha value is -4.95. The molecule has 5 rings (SSSR count). The maximum absolute atomic E-state index is 14.5. The van der Waals surface area contributed by atoms with E-state index in [9.17, 15) is 23.6 Å². The SMILES string of the molecule is N#Cc1ccncc1-c1ccc(-c2cc(=O)n(-c3c(F)cccc3F)nc2C(N)=O)c(N2CCNCC2)c1. The maximum Gasteiger partial charge on any atom is 0.272 e. The smallest absolute Gasteiger partial charge is 0.272 e. The Balaban J connectivity index is 1.74. The molecule has 190 valence electrons. The van der Waals surface area contributed by atoms with Gasteiger partial charge in [0.15, 0.2) is 17.3 Å². The number of carbonyl (C=O) groups excluding carboxylic acids is 1. The van der Waals surface area contributed by atoms with Gasteiger partial charge in [-0.1, -0.05) is 18.2 Å². The van der Waals surface area contributed by atoms with Crippen molar-refractivity contribution in [2.75, 3.05) is 31.1 Å². The number of anilines is 1. The number of hydrogen-bond acceptors (Lipinski definition) is 7. The van der Waals surface area contributed by atoms with Crippen LogP contribution >= 0.6 is 0 Å². The Morgan fingerprint density at radius 2 is 1.76 bits per heavy atom. The summed E-state index contributed by atoms with van der Waals surface area (Å²) in [7, 11) is 0. The van der Waals surface area contributed by atoms with Gasteiger partial charge in [0.25, 0.3) is 11.5 Å². The third-order valence-corrected chi connectivity index (χ3v) is 6.31. The summed E-state index contributed by atoms with van der Waals surface area (Å²) in [5.41, 5.74) is 6.83. The van der Waals surface area contributed by atoms with Crippen molar-refractivity contribution in [3.05, 3.63) is 94.2 Å². The molecule has 38 heavy (non-hydrogen) atoms. The predicted octanol–water partition coefficient (Wildman–Crippen LogP) is 2.62. The lowest BCUT2D eigenvalue weighted by atomic mass is 9.95. The molecule has 3 N–H and O–H groups in total. The second-order valence-electron chi connectivity index (χ2n) is 8.59. The molecule has 0 spiro atoms. The number of aromatic nitrogens is 3. The number of primary amides is 1. The Bertz CT molecular complexity index is 1640. The van der Waals surface area contributed by atoms with E-state index in [4.69, 9.17) is 5.73 Å². The lowest BCUT2D eigenvalue weighted by Crippen LogP contribution is -2.43. The van der Waals surface area contributed by atoms with Crippen molar-refractivity contribution in [2.45, 2.75) is 0 Å². The lowest BCUT2D eigenvalue weighted by Gasteiger charge is -2.32. The van der Waals surface area contributed by atoms with E-state index < -0.39 is 28.8 Å². The Morgan fingerprint density at radius 3 is 2.45 bits per heavy atom. The number of halogens is 2. The highest BCUT2D eigenvalue weighted by Gasteiger charge is 2.24. The molecule has 0 saturated carbocycles. The second-order valence-corrected chi connectivity index (χ2v) is 8.59. The number of nitrogens with one attached hydrogen (secondary N) is 1. The number of nitrogens with zero attached hydrogens (tertiary/aromatic N) is 5. The first-order valence-corrected chi connectivity index (χ1v) is 11.7. The number of benzene rings is 2. The highest BCUT2D eigenvalue weighted by atomic mass is 19.1. The fraction of sp³-hybridized carbons (Fsp3) is 0.148. The maximum atomic E-state index is 14.5. The summed E-state index contributed by atoms with van der Waals surface area (Å²) in [6.45, 7) is 2.67. The van der Waals surface area contributed by atoms with E-state index in [2.05, 4.69) is 26.4 Å². The van der Waals surface area contributed by atoms with Crippen LogP contribution in [0.4, 0.5) is 14.5 Å². The number of nitrogens with two attached hydrogens (primary N) is 1. The zero-order valence-corrected chi connectivity index (χ0v) is 20.0. The quantitative estimate of drug-likeness (QED) is 0.420. The van der Waals surface area contributed by atoms with Crippen molar-refractivity contribution >= 4 is 11.6 Å². The first-order valence-electron chi connectivity index (χ1n) is 11.7. The largest absolute Gasteiger partial charge is 0.368 e. The zero-order chi connectivity index (χ0) is 26.8. The lowest BCUT2D eigenvalue weighted by molar-refractivity contribution is 0.0994. The number of rotatable bonds is 5. The molecule has 1 aliphatic rings. The summed E-state index contributed by atoms with van der Waals surface area (Å²) < 4.78 is 29.4. The Kier molecular flexibility index (Phi) is 6.64. The third kappa shape index (κ3) is 4.49. The van der Waals surface area contributed by atoms with Gasteiger partial charge in [-0.05, 0) is 29.8 Å². The molecule has 1 fully saturated rings. The Labute approximate surface area is 215 Å². The van der Waals surface area contributed by atoms with Gasteiger partial charge in [-0.2, -0.15) is 15.0 Å². The number of amides is 1. The zero-order valence-electron chi connectivity index (χ0n) is 20.0. The molecule has 9 nitrogen and oxygen atoms in total. The van der Waals surface area contributed by atoms with E-state index in [1.807, 2.05) is 6.07 Å². The van der Waals surface area contributed by atoms with Crippen LogP contribution in [0.25, 0.3) is 27.9 Å². The normalized spacial score (nSPS) is 13.2. The summed E-state index contributed by atoms with van der Waals surface area (Å²) in [5, 5.41) is 16.8. The van der Waals surface area contributed by atoms with Gasteiger partial charge in [0, 0.05) is 67.0 Å². The van der Waals surface area contributed by atoms with Crippen molar-refractivity contribution < 1.29 is 13.6 Å². The number of carbonyl (C=O) groups is 1. The topological polar surface area (TPSA) is 130 Å². The van der Waals surface area contributed by atoms with Crippen LogP contribution < -0.4 is 21.5 Å². The molecule has 1 amide bonds. The van der Waals surface area contributed by atoms with Crippen LogP contribution in [0.1, 0.15) is 16.1 Å². The molecule has 0 atom stereocenters. The molecular formula is C27H21F2N7O2. The standard InChI is InChI=1S/C27H21F2N7O2/c28-21-2-1-3-22(29)26(21)36-24(37)13-19(25(34-36)27(31)38)18-5-4-16(20-15-33-7-6-17(20)14-30)12-23(18)35-10-8-32-9-11-35/h1-7,12-13,15,32H,8-11H2,(H2,31,38).